The number of aromatic nitrogens is 1. The Morgan fingerprint density at radius 3 is 3.17 bits per heavy atom. The first kappa shape index (κ1) is 12.2. The normalized spacial score (nSPS) is 18.0. The average Bonchev–Trinajstić information content (AvgIpc) is 2.92. The average molecular weight is 279 g/mol. The van der Waals surface area contributed by atoms with Crippen molar-refractivity contribution in [3.05, 3.63) is 50.4 Å². The minimum Gasteiger partial charge on any atom is -0.304 e. The molecule has 0 saturated heterocycles. The van der Waals surface area contributed by atoms with Crippen LogP contribution in [0.15, 0.2) is 23.6 Å². The fourth-order valence-electron chi connectivity index (χ4n) is 2.52. The Balaban J connectivity index is 1.69. The number of hydrogen-bond acceptors (Lipinski definition) is 3. The second kappa shape index (κ2) is 5.00. The maximum absolute atomic E-state index is 6.02. The molecule has 94 valence electrons. The van der Waals surface area contributed by atoms with Crippen LogP contribution in [0.1, 0.15) is 34.3 Å². The van der Waals surface area contributed by atoms with Gasteiger partial charge in [-0.2, -0.15) is 0 Å². The number of benzene rings is 1. The van der Waals surface area contributed by atoms with E-state index in [9.17, 15) is 0 Å². The Labute approximate surface area is 116 Å². The monoisotopic (exact) mass is 278 g/mol. The van der Waals surface area contributed by atoms with E-state index in [1.54, 1.807) is 11.3 Å². The van der Waals surface area contributed by atoms with E-state index in [4.69, 9.17) is 11.6 Å². The third-order valence-corrected chi connectivity index (χ3v) is 4.44. The summed E-state index contributed by atoms with van der Waals surface area (Å²) in [7, 11) is 0. The van der Waals surface area contributed by atoms with Crippen LogP contribution >= 0.6 is 22.9 Å². The molecule has 0 saturated carbocycles. The molecule has 0 aliphatic heterocycles. The zero-order valence-corrected chi connectivity index (χ0v) is 11.8. The van der Waals surface area contributed by atoms with E-state index < -0.39 is 0 Å². The fraction of sp³-hybridized carbons (Fsp3) is 0.357. The van der Waals surface area contributed by atoms with Crippen molar-refractivity contribution < 1.29 is 0 Å². The number of hydrogen-bond donors (Lipinski definition) is 1. The molecule has 0 fully saturated rings. The zero-order chi connectivity index (χ0) is 12.5. The van der Waals surface area contributed by atoms with Crippen LogP contribution in [0.2, 0.25) is 5.02 Å². The molecule has 1 aliphatic rings. The van der Waals surface area contributed by atoms with Crippen LogP contribution in [0.3, 0.4) is 0 Å². The number of nitrogens with zero attached hydrogens (tertiary/aromatic N) is 1. The minimum atomic E-state index is 0.444. The number of thiazole rings is 1. The topological polar surface area (TPSA) is 24.9 Å². The highest BCUT2D eigenvalue weighted by Crippen LogP contribution is 2.33. The summed E-state index contributed by atoms with van der Waals surface area (Å²) in [6.07, 6.45) is 2.27. The molecule has 1 N–H and O–H groups in total. The van der Waals surface area contributed by atoms with Gasteiger partial charge in [0, 0.05) is 23.0 Å². The number of rotatable bonds is 3. The highest BCUT2D eigenvalue weighted by molar-refractivity contribution is 7.09. The van der Waals surface area contributed by atoms with E-state index in [1.165, 1.54) is 11.1 Å². The van der Waals surface area contributed by atoms with E-state index >= 15 is 0 Å². The molecule has 1 aliphatic carbocycles. The number of nitrogens with one attached hydrogen (secondary N) is 1. The summed E-state index contributed by atoms with van der Waals surface area (Å²) in [6, 6.07) is 6.66. The van der Waals surface area contributed by atoms with Crippen LogP contribution in [0.5, 0.6) is 0 Å². The van der Waals surface area contributed by atoms with Crippen molar-refractivity contribution in [2.75, 3.05) is 0 Å². The minimum absolute atomic E-state index is 0.444. The molecule has 0 radical (unpaired) electrons. The van der Waals surface area contributed by atoms with Gasteiger partial charge in [-0.25, -0.2) is 4.98 Å². The molecule has 0 bridgehead atoms. The van der Waals surface area contributed by atoms with Crippen LogP contribution < -0.4 is 5.32 Å². The van der Waals surface area contributed by atoms with Gasteiger partial charge in [0.25, 0.3) is 0 Å². The molecule has 3 rings (SSSR count). The Kier molecular flexibility index (Phi) is 3.37. The van der Waals surface area contributed by atoms with Gasteiger partial charge in [-0.05, 0) is 43.0 Å². The van der Waals surface area contributed by atoms with Crippen molar-refractivity contribution in [2.45, 2.75) is 32.4 Å². The van der Waals surface area contributed by atoms with Crippen molar-refractivity contribution in [1.29, 1.82) is 0 Å². The first-order valence-electron chi connectivity index (χ1n) is 6.15. The van der Waals surface area contributed by atoms with E-state index in [0.29, 0.717) is 6.04 Å². The highest BCUT2D eigenvalue weighted by atomic mass is 35.5. The van der Waals surface area contributed by atoms with E-state index in [2.05, 4.69) is 27.8 Å². The molecule has 18 heavy (non-hydrogen) atoms. The summed E-state index contributed by atoms with van der Waals surface area (Å²) < 4.78 is 0. The molecule has 2 aromatic rings. The van der Waals surface area contributed by atoms with Crippen molar-refractivity contribution in [1.82, 2.24) is 10.3 Å². The van der Waals surface area contributed by atoms with Crippen LogP contribution in [0.4, 0.5) is 0 Å². The summed E-state index contributed by atoms with van der Waals surface area (Å²) in [5.74, 6) is 0. The van der Waals surface area contributed by atoms with Crippen molar-refractivity contribution in [3.63, 3.8) is 0 Å². The van der Waals surface area contributed by atoms with E-state index in [0.717, 1.165) is 35.1 Å². The van der Waals surface area contributed by atoms with Gasteiger partial charge in [-0.1, -0.05) is 17.7 Å². The number of aryl methyl sites for hydroxylation is 2. The lowest BCUT2D eigenvalue weighted by atomic mass is 10.1. The Hall–Kier alpha value is -0.900. The maximum atomic E-state index is 6.02. The van der Waals surface area contributed by atoms with Gasteiger partial charge < -0.3 is 5.32 Å². The van der Waals surface area contributed by atoms with E-state index in [-0.39, 0.29) is 0 Å². The molecule has 1 unspecified atom stereocenters. The van der Waals surface area contributed by atoms with Gasteiger partial charge >= 0.3 is 0 Å². The zero-order valence-electron chi connectivity index (χ0n) is 10.2. The molecule has 1 heterocycles. The van der Waals surface area contributed by atoms with Gasteiger partial charge in [0.1, 0.15) is 0 Å². The van der Waals surface area contributed by atoms with Crippen molar-refractivity contribution >= 4 is 22.9 Å². The first-order chi connectivity index (χ1) is 8.72. The van der Waals surface area contributed by atoms with Crippen LogP contribution in [0, 0.1) is 6.92 Å². The third-order valence-electron chi connectivity index (χ3n) is 3.38. The molecular formula is C14H15ClN2S. The standard InChI is InChI=1S/C14H15ClN2S/c1-9-17-12(8-18-9)7-16-14-5-2-10-6-11(15)3-4-13(10)14/h3-4,6,8,14,16H,2,5,7H2,1H3. The van der Waals surface area contributed by atoms with Crippen molar-refractivity contribution in [2.24, 2.45) is 0 Å². The fourth-order valence-corrected chi connectivity index (χ4v) is 3.32. The van der Waals surface area contributed by atoms with Gasteiger partial charge in [-0.15, -0.1) is 11.3 Å². The molecule has 4 heteroatoms. The smallest absolute Gasteiger partial charge is 0.0897 e. The van der Waals surface area contributed by atoms with Gasteiger partial charge in [0.05, 0.1) is 10.7 Å². The summed E-state index contributed by atoms with van der Waals surface area (Å²) in [5.41, 5.74) is 3.92. The number of fused-ring (bicyclic) bond motifs is 1. The Morgan fingerprint density at radius 2 is 2.39 bits per heavy atom. The lowest BCUT2D eigenvalue weighted by Gasteiger charge is -2.13. The second-order valence-corrected chi connectivity index (χ2v) is 6.17. The quantitative estimate of drug-likeness (QED) is 0.922. The van der Waals surface area contributed by atoms with E-state index in [1.807, 2.05) is 13.0 Å². The molecule has 1 atom stereocenters. The van der Waals surface area contributed by atoms with Crippen molar-refractivity contribution in [3.8, 4) is 0 Å². The summed E-state index contributed by atoms with van der Waals surface area (Å²) >= 11 is 7.72. The molecule has 1 aromatic heterocycles. The van der Waals surface area contributed by atoms with Crippen LogP contribution in [0.25, 0.3) is 0 Å². The molecule has 0 spiro atoms. The Bertz CT molecular complexity index is 565. The van der Waals surface area contributed by atoms with Crippen LogP contribution in [-0.2, 0) is 13.0 Å². The molecule has 1 aromatic carbocycles. The molecule has 0 amide bonds. The van der Waals surface area contributed by atoms with Gasteiger partial charge in [-0.3, -0.25) is 0 Å². The summed E-state index contributed by atoms with van der Waals surface area (Å²) in [6.45, 7) is 2.89. The largest absolute Gasteiger partial charge is 0.304 e. The lowest BCUT2D eigenvalue weighted by molar-refractivity contribution is 0.526. The predicted molar refractivity (Wildman–Crippen MR) is 76.2 cm³/mol. The summed E-state index contributed by atoms with van der Waals surface area (Å²) in [4.78, 5) is 4.48. The SMILES string of the molecule is Cc1nc(CNC2CCc3cc(Cl)ccc32)cs1. The number of halogens is 1. The lowest BCUT2D eigenvalue weighted by Crippen LogP contribution is -2.18. The highest BCUT2D eigenvalue weighted by Gasteiger charge is 2.22. The molecular weight excluding hydrogens is 264 g/mol. The first-order valence-corrected chi connectivity index (χ1v) is 7.41. The predicted octanol–water partition coefficient (Wildman–Crippen LogP) is 3.88. The van der Waals surface area contributed by atoms with Crippen LogP contribution in [-0.4, -0.2) is 4.98 Å². The van der Waals surface area contributed by atoms with Gasteiger partial charge in [0.2, 0.25) is 0 Å². The molecule has 2 nitrogen and oxygen atoms in total. The third kappa shape index (κ3) is 2.44. The second-order valence-electron chi connectivity index (χ2n) is 4.67. The Morgan fingerprint density at radius 1 is 1.50 bits per heavy atom. The maximum Gasteiger partial charge on any atom is 0.0897 e. The summed E-state index contributed by atoms with van der Waals surface area (Å²) in [5, 5.41) is 7.68. The van der Waals surface area contributed by atoms with Gasteiger partial charge in [0.15, 0.2) is 0 Å².